The normalized spacial score (nSPS) is 20.4. The molecule has 6 nitrogen and oxygen atoms in total. The summed E-state index contributed by atoms with van der Waals surface area (Å²) >= 11 is 0. The fraction of sp³-hybridized carbons (Fsp3) is 0.632. The first-order valence-electron chi connectivity index (χ1n) is 9.53. The molecule has 2 fully saturated rings. The largest absolute Gasteiger partial charge is 0.334 e. The number of nitro benzene ring substituents is 1. The molecule has 1 atom stereocenters. The minimum absolute atomic E-state index is 0.139. The number of likely N-dealkylation sites (tertiary alicyclic amines) is 2. The number of hydrogen-bond acceptors (Lipinski definition) is 4. The van der Waals surface area contributed by atoms with E-state index in [9.17, 15) is 19.3 Å². The van der Waals surface area contributed by atoms with E-state index in [1.54, 1.807) is 4.90 Å². The Bertz CT molecular complexity index is 632. The molecule has 26 heavy (non-hydrogen) atoms. The van der Waals surface area contributed by atoms with Crippen LogP contribution < -0.4 is 0 Å². The highest BCUT2D eigenvalue weighted by molar-refractivity contribution is 5.95. The molecule has 2 heterocycles. The number of carbonyl (C=O) groups excluding carboxylic acids is 1. The summed E-state index contributed by atoms with van der Waals surface area (Å²) < 4.78 is 13.5. The van der Waals surface area contributed by atoms with Gasteiger partial charge in [0.1, 0.15) is 0 Å². The topological polar surface area (TPSA) is 66.7 Å². The molecule has 2 saturated heterocycles. The van der Waals surface area contributed by atoms with Crippen LogP contribution in [0.4, 0.5) is 10.1 Å². The van der Waals surface area contributed by atoms with Crippen molar-refractivity contribution < 1.29 is 14.1 Å². The molecule has 0 spiro atoms. The Labute approximate surface area is 154 Å². The molecule has 1 unspecified atom stereocenters. The van der Waals surface area contributed by atoms with Gasteiger partial charge in [-0.2, -0.15) is 4.39 Å². The van der Waals surface area contributed by atoms with Gasteiger partial charge >= 0.3 is 5.69 Å². The van der Waals surface area contributed by atoms with E-state index in [-0.39, 0.29) is 17.5 Å². The zero-order valence-corrected chi connectivity index (χ0v) is 15.6. The van der Waals surface area contributed by atoms with Gasteiger partial charge in [0, 0.05) is 30.8 Å². The van der Waals surface area contributed by atoms with E-state index in [0.29, 0.717) is 6.54 Å². The van der Waals surface area contributed by atoms with Crippen LogP contribution in [0.2, 0.25) is 0 Å². The van der Waals surface area contributed by atoms with Crippen LogP contribution in [0.25, 0.3) is 0 Å². The lowest BCUT2D eigenvalue weighted by Crippen LogP contribution is -2.44. The molecular weight excluding hydrogens is 337 g/mol. The van der Waals surface area contributed by atoms with Crippen LogP contribution >= 0.6 is 0 Å². The Hall–Kier alpha value is -2.02. The molecule has 144 valence electrons. The molecule has 0 saturated carbocycles. The zero-order chi connectivity index (χ0) is 19.1. The van der Waals surface area contributed by atoms with Crippen molar-refractivity contribution in [2.45, 2.75) is 52.0 Å². The van der Waals surface area contributed by atoms with Crippen LogP contribution in [-0.2, 0) is 0 Å². The van der Waals surface area contributed by atoms with Gasteiger partial charge in [0.05, 0.1) is 4.92 Å². The molecule has 1 aromatic rings. The van der Waals surface area contributed by atoms with Crippen molar-refractivity contribution in [2.24, 2.45) is 0 Å². The number of hydrogen-bond donors (Lipinski definition) is 0. The quantitative estimate of drug-likeness (QED) is 0.600. The number of amides is 1. The lowest BCUT2D eigenvalue weighted by molar-refractivity contribution is -0.387. The predicted molar refractivity (Wildman–Crippen MR) is 98.8 cm³/mol. The highest BCUT2D eigenvalue weighted by Gasteiger charge is 2.32. The van der Waals surface area contributed by atoms with Crippen LogP contribution in [0.15, 0.2) is 18.2 Å². The van der Waals surface area contributed by atoms with Crippen LogP contribution in [0.5, 0.6) is 0 Å². The average Bonchev–Trinajstić information content (AvgIpc) is 3.12. The molecular formula is C19H28FN3O3. The average molecular weight is 365 g/mol. The van der Waals surface area contributed by atoms with Gasteiger partial charge in [-0.05, 0) is 50.9 Å². The summed E-state index contributed by atoms with van der Waals surface area (Å²) in [4.78, 5) is 27.0. The Balaban J connectivity index is 0.00000117. The van der Waals surface area contributed by atoms with Gasteiger partial charge in [-0.3, -0.25) is 14.9 Å². The number of piperidine rings is 1. The third-order valence-electron chi connectivity index (χ3n) is 4.95. The van der Waals surface area contributed by atoms with Crippen molar-refractivity contribution in [3.8, 4) is 0 Å². The van der Waals surface area contributed by atoms with Crippen LogP contribution in [0, 0.1) is 15.9 Å². The van der Waals surface area contributed by atoms with E-state index in [0.717, 1.165) is 44.6 Å². The molecule has 0 N–H and O–H groups in total. The molecule has 0 aromatic heterocycles. The number of halogens is 1. The molecule has 1 amide bonds. The van der Waals surface area contributed by atoms with Crippen molar-refractivity contribution >= 4 is 11.6 Å². The van der Waals surface area contributed by atoms with Gasteiger partial charge in [0.15, 0.2) is 0 Å². The van der Waals surface area contributed by atoms with Gasteiger partial charge in [-0.15, -0.1) is 0 Å². The SMILES string of the molecule is CC.O=C(c1ccc(F)c([N+](=O)[O-])c1)N1CCCC1CN1CCCCC1. The summed E-state index contributed by atoms with van der Waals surface area (Å²) in [5, 5.41) is 10.9. The minimum atomic E-state index is -0.914. The van der Waals surface area contributed by atoms with E-state index < -0.39 is 16.4 Å². The second kappa shape index (κ2) is 9.62. The summed E-state index contributed by atoms with van der Waals surface area (Å²) in [6.07, 6.45) is 5.55. The Morgan fingerprint density at radius 3 is 2.54 bits per heavy atom. The minimum Gasteiger partial charge on any atom is -0.334 e. The maximum atomic E-state index is 13.5. The maximum absolute atomic E-state index is 13.5. The van der Waals surface area contributed by atoms with Crippen molar-refractivity contribution in [1.29, 1.82) is 0 Å². The van der Waals surface area contributed by atoms with Crippen LogP contribution in [0.3, 0.4) is 0 Å². The summed E-state index contributed by atoms with van der Waals surface area (Å²) in [5.74, 6) is -1.15. The monoisotopic (exact) mass is 365 g/mol. The van der Waals surface area contributed by atoms with E-state index >= 15 is 0 Å². The van der Waals surface area contributed by atoms with Crippen molar-refractivity contribution in [3.63, 3.8) is 0 Å². The van der Waals surface area contributed by atoms with Gasteiger partial charge in [0.25, 0.3) is 5.91 Å². The van der Waals surface area contributed by atoms with E-state index in [1.165, 1.54) is 25.3 Å². The van der Waals surface area contributed by atoms with Crippen molar-refractivity contribution in [2.75, 3.05) is 26.2 Å². The van der Waals surface area contributed by atoms with Crippen LogP contribution in [-0.4, -0.2) is 52.9 Å². The number of benzene rings is 1. The summed E-state index contributed by atoms with van der Waals surface area (Å²) in [5.41, 5.74) is -0.457. The predicted octanol–water partition coefficient (Wildman–Crippen LogP) is 3.85. The van der Waals surface area contributed by atoms with Gasteiger partial charge in [-0.25, -0.2) is 0 Å². The van der Waals surface area contributed by atoms with Crippen molar-refractivity contribution in [3.05, 3.63) is 39.7 Å². The highest BCUT2D eigenvalue weighted by atomic mass is 19.1. The first-order valence-corrected chi connectivity index (χ1v) is 9.53. The summed E-state index contributed by atoms with van der Waals surface area (Å²) in [6.45, 7) is 7.65. The molecule has 1 aromatic carbocycles. The van der Waals surface area contributed by atoms with E-state index in [1.807, 2.05) is 13.8 Å². The van der Waals surface area contributed by atoms with Crippen molar-refractivity contribution in [1.82, 2.24) is 9.80 Å². The number of carbonyl (C=O) groups is 1. The van der Waals surface area contributed by atoms with E-state index in [2.05, 4.69) is 4.90 Å². The van der Waals surface area contributed by atoms with Gasteiger partial charge in [0.2, 0.25) is 5.82 Å². The Kier molecular flexibility index (Phi) is 7.50. The highest BCUT2D eigenvalue weighted by Crippen LogP contribution is 2.25. The molecule has 2 aliphatic heterocycles. The number of nitrogens with zero attached hydrogens (tertiary/aromatic N) is 3. The lowest BCUT2D eigenvalue weighted by atomic mass is 10.1. The first kappa shape index (κ1) is 20.3. The third kappa shape index (κ3) is 4.78. The Morgan fingerprint density at radius 2 is 1.88 bits per heavy atom. The number of nitro groups is 1. The molecule has 0 aliphatic carbocycles. The third-order valence-corrected chi connectivity index (χ3v) is 4.95. The lowest BCUT2D eigenvalue weighted by Gasteiger charge is -2.33. The van der Waals surface area contributed by atoms with Gasteiger partial charge in [-0.1, -0.05) is 20.3 Å². The fourth-order valence-electron chi connectivity index (χ4n) is 3.68. The second-order valence-electron chi connectivity index (χ2n) is 6.58. The molecule has 0 bridgehead atoms. The fourth-order valence-corrected chi connectivity index (χ4v) is 3.68. The first-order chi connectivity index (χ1) is 12.6. The molecule has 3 rings (SSSR count). The number of rotatable bonds is 4. The molecule has 0 radical (unpaired) electrons. The molecule has 2 aliphatic rings. The van der Waals surface area contributed by atoms with Crippen LogP contribution in [0.1, 0.15) is 56.3 Å². The molecule has 7 heteroatoms. The van der Waals surface area contributed by atoms with E-state index in [4.69, 9.17) is 0 Å². The van der Waals surface area contributed by atoms with Gasteiger partial charge < -0.3 is 9.80 Å². The zero-order valence-electron chi connectivity index (χ0n) is 15.6. The second-order valence-corrected chi connectivity index (χ2v) is 6.58. The Morgan fingerprint density at radius 1 is 1.19 bits per heavy atom. The summed E-state index contributed by atoms with van der Waals surface area (Å²) in [6, 6.07) is 3.52. The standard InChI is InChI=1S/C17H22FN3O3.C2H6/c18-15-7-6-13(11-16(15)21(23)24)17(22)20-10-4-5-14(20)12-19-8-2-1-3-9-19;1-2/h6-7,11,14H,1-5,8-10,12H2;1-2H3. The smallest absolute Gasteiger partial charge is 0.305 e. The summed E-state index contributed by atoms with van der Waals surface area (Å²) in [7, 11) is 0. The maximum Gasteiger partial charge on any atom is 0.305 e.